The molecule has 0 spiro atoms. The molecule has 0 amide bonds. The minimum Gasteiger partial charge on any atom is -0.392 e. The lowest BCUT2D eigenvalue weighted by Gasteiger charge is -2.02. The summed E-state index contributed by atoms with van der Waals surface area (Å²) in [5.41, 5.74) is 4.85. The predicted molar refractivity (Wildman–Crippen MR) is 135 cm³/mol. The van der Waals surface area contributed by atoms with E-state index in [1.807, 2.05) is 6.08 Å². The van der Waals surface area contributed by atoms with Crippen molar-refractivity contribution in [3.05, 3.63) is 107 Å². The van der Waals surface area contributed by atoms with Gasteiger partial charge in [-0.15, -0.1) is 0 Å². The maximum atomic E-state index is 11.6. The molecule has 0 heterocycles. The number of aliphatic hydroxyl groups is 1. The third kappa shape index (κ3) is 13.0. The van der Waals surface area contributed by atoms with E-state index in [0.29, 0.717) is 11.1 Å². The van der Waals surface area contributed by atoms with Crippen molar-refractivity contribution >= 4 is 11.9 Å². The van der Waals surface area contributed by atoms with E-state index in [9.17, 15) is 9.59 Å². The van der Waals surface area contributed by atoms with E-state index in [2.05, 4.69) is 39.8 Å². The van der Waals surface area contributed by atoms with Gasteiger partial charge in [-0.05, 0) is 77.6 Å². The van der Waals surface area contributed by atoms with Crippen molar-refractivity contribution in [2.75, 3.05) is 6.61 Å². The first-order valence-corrected chi connectivity index (χ1v) is 11.3. The Labute approximate surface area is 198 Å². The largest absolute Gasteiger partial charge is 0.392 e. The van der Waals surface area contributed by atoms with Gasteiger partial charge in [0.25, 0.3) is 0 Å². The molecule has 2 aromatic rings. The summed E-state index contributed by atoms with van der Waals surface area (Å²) in [6, 6.07) is 16.8. The average molecular weight is 449 g/mol. The maximum absolute atomic E-state index is 11.6. The maximum Gasteiger partial charge on any atom is 0.346 e. The molecule has 0 aliphatic carbocycles. The van der Waals surface area contributed by atoms with Crippen LogP contribution in [0.25, 0.3) is 0 Å². The van der Waals surface area contributed by atoms with Crippen LogP contribution in [0.1, 0.15) is 74.1 Å². The van der Waals surface area contributed by atoms with Crippen LogP contribution < -0.4 is 0 Å². The van der Waals surface area contributed by atoms with E-state index >= 15 is 0 Å². The molecule has 0 radical (unpaired) electrons. The lowest BCUT2D eigenvalue weighted by atomic mass is 10.1. The lowest BCUT2D eigenvalue weighted by molar-refractivity contribution is 0.0397. The van der Waals surface area contributed by atoms with Gasteiger partial charge in [0.15, 0.2) is 0 Å². The van der Waals surface area contributed by atoms with Crippen LogP contribution in [0.15, 0.2) is 95.6 Å². The molecule has 0 saturated carbocycles. The number of hydrogen-bond donors (Lipinski definition) is 1. The number of carbonyl (C=O) groups is 2. The van der Waals surface area contributed by atoms with Crippen LogP contribution in [0.3, 0.4) is 0 Å². The first-order chi connectivity index (χ1) is 15.8. The molecular weight excluding hydrogens is 412 g/mol. The molecule has 2 aromatic carbocycles. The van der Waals surface area contributed by atoms with Crippen molar-refractivity contribution in [1.82, 2.24) is 0 Å². The second-order valence-electron chi connectivity index (χ2n) is 8.05. The van der Waals surface area contributed by atoms with Crippen LogP contribution in [0.2, 0.25) is 0 Å². The molecule has 0 bridgehead atoms. The number of allylic oxidation sites excluding steroid dienone is 5. The fourth-order valence-electron chi connectivity index (χ4n) is 2.85. The molecule has 0 aromatic heterocycles. The van der Waals surface area contributed by atoms with Gasteiger partial charge >= 0.3 is 11.9 Å². The molecular formula is C29H36O4. The van der Waals surface area contributed by atoms with Gasteiger partial charge in [0.05, 0.1) is 17.7 Å². The zero-order valence-corrected chi connectivity index (χ0v) is 20.2. The second-order valence-corrected chi connectivity index (χ2v) is 8.05. The molecule has 4 heteroatoms. The molecule has 176 valence electrons. The molecule has 0 aliphatic heterocycles. The third-order valence-electron chi connectivity index (χ3n) is 4.77. The van der Waals surface area contributed by atoms with Crippen LogP contribution in [0.5, 0.6) is 0 Å². The van der Waals surface area contributed by atoms with Gasteiger partial charge < -0.3 is 9.84 Å². The first-order valence-electron chi connectivity index (χ1n) is 11.3. The van der Waals surface area contributed by atoms with Crippen LogP contribution in [0.4, 0.5) is 0 Å². The molecule has 0 aliphatic rings. The Morgan fingerprint density at radius 3 is 1.55 bits per heavy atom. The highest BCUT2D eigenvalue weighted by atomic mass is 16.6. The van der Waals surface area contributed by atoms with Crippen molar-refractivity contribution in [3.63, 3.8) is 0 Å². The smallest absolute Gasteiger partial charge is 0.346 e. The molecule has 0 saturated heterocycles. The second kappa shape index (κ2) is 16.4. The summed E-state index contributed by atoms with van der Waals surface area (Å²) in [7, 11) is 0. The van der Waals surface area contributed by atoms with Gasteiger partial charge in [-0.2, -0.15) is 0 Å². The fraction of sp³-hybridized carbons (Fsp3) is 0.310. The van der Waals surface area contributed by atoms with E-state index in [4.69, 9.17) is 9.84 Å². The van der Waals surface area contributed by atoms with E-state index in [0.717, 1.165) is 25.7 Å². The number of benzene rings is 2. The minimum absolute atomic E-state index is 0.162. The summed E-state index contributed by atoms with van der Waals surface area (Å²) < 4.78 is 4.74. The van der Waals surface area contributed by atoms with Crippen molar-refractivity contribution in [2.45, 2.75) is 53.4 Å². The number of hydrogen-bond acceptors (Lipinski definition) is 4. The van der Waals surface area contributed by atoms with Gasteiger partial charge in [-0.1, -0.05) is 71.3 Å². The van der Waals surface area contributed by atoms with Crippen LogP contribution >= 0.6 is 0 Å². The van der Waals surface area contributed by atoms with Gasteiger partial charge in [0.1, 0.15) is 0 Å². The topological polar surface area (TPSA) is 63.6 Å². The van der Waals surface area contributed by atoms with Crippen LogP contribution in [-0.4, -0.2) is 23.7 Å². The summed E-state index contributed by atoms with van der Waals surface area (Å²) in [6.45, 7) is 8.71. The number of rotatable bonds is 9. The molecule has 0 fully saturated rings. The zero-order valence-electron chi connectivity index (χ0n) is 20.2. The first kappa shape index (κ1) is 27.8. The van der Waals surface area contributed by atoms with Gasteiger partial charge in [0.2, 0.25) is 0 Å². The monoisotopic (exact) mass is 448 g/mol. The van der Waals surface area contributed by atoms with Crippen molar-refractivity contribution in [3.8, 4) is 0 Å². The Balaban J connectivity index is 0.000000331. The summed E-state index contributed by atoms with van der Waals surface area (Å²) in [4.78, 5) is 23.2. The fourth-order valence-corrected chi connectivity index (χ4v) is 2.85. The van der Waals surface area contributed by atoms with Crippen LogP contribution in [0, 0.1) is 0 Å². The minimum atomic E-state index is -0.639. The number of esters is 2. The number of ether oxygens (including phenoxy) is 1. The number of aliphatic hydroxyl groups excluding tert-OH is 1. The summed E-state index contributed by atoms with van der Waals surface area (Å²) in [5.74, 6) is -1.28. The highest BCUT2D eigenvalue weighted by Crippen LogP contribution is 2.11. The molecule has 0 atom stereocenters. The van der Waals surface area contributed by atoms with E-state index in [1.54, 1.807) is 60.7 Å². The Morgan fingerprint density at radius 1 is 0.697 bits per heavy atom. The summed E-state index contributed by atoms with van der Waals surface area (Å²) in [5, 5.41) is 8.72. The normalized spacial score (nSPS) is 11.2. The van der Waals surface area contributed by atoms with E-state index in [-0.39, 0.29) is 6.61 Å². The summed E-state index contributed by atoms with van der Waals surface area (Å²) in [6.07, 6.45) is 10.9. The van der Waals surface area contributed by atoms with Crippen LogP contribution in [-0.2, 0) is 4.74 Å². The molecule has 2 rings (SSSR count). The molecule has 1 N–H and O–H groups in total. The molecule has 0 unspecified atom stereocenters. The molecule has 33 heavy (non-hydrogen) atoms. The zero-order chi connectivity index (χ0) is 24.5. The highest BCUT2D eigenvalue weighted by molar-refractivity contribution is 6.02. The molecule has 4 nitrogen and oxygen atoms in total. The Kier molecular flexibility index (Phi) is 13.8. The Bertz CT molecular complexity index is 885. The predicted octanol–water partition coefficient (Wildman–Crippen LogP) is 7.08. The SMILES string of the molecule is CC(C)=CCCC(C)=CCCC(C)=CCO.O=C(OC(=O)c1ccccc1)c1ccccc1. The summed E-state index contributed by atoms with van der Waals surface area (Å²) >= 11 is 0. The van der Waals surface area contributed by atoms with Crippen molar-refractivity contribution < 1.29 is 19.4 Å². The van der Waals surface area contributed by atoms with E-state index in [1.165, 1.54) is 16.7 Å². The quantitative estimate of drug-likeness (QED) is 0.253. The lowest BCUT2D eigenvalue weighted by Crippen LogP contribution is -2.12. The third-order valence-corrected chi connectivity index (χ3v) is 4.77. The van der Waals surface area contributed by atoms with Gasteiger partial charge in [-0.3, -0.25) is 0 Å². The Hall–Kier alpha value is -3.24. The highest BCUT2D eigenvalue weighted by Gasteiger charge is 2.13. The van der Waals surface area contributed by atoms with E-state index < -0.39 is 11.9 Å². The Morgan fingerprint density at radius 2 is 1.12 bits per heavy atom. The number of carbonyl (C=O) groups excluding carboxylic acids is 2. The standard InChI is InChI=1S/C15H26O.C14H10O3/c1-13(2)7-5-8-14(3)9-6-10-15(4)11-12-16;15-13(11-7-3-1-4-8-11)17-14(16)12-9-5-2-6-10-12/h7,9,11,16H,5-6,8,10,12H2,1-4H3;1-10H. The van der Waals surface area contributed by atoms with Crippen molar-refractivity contribution in [1.29, 1.82) is 0 Å². The van der Waals surface area contributed by atoms with Gasteiger partial charge in [-0.25, -0.2) is 9.59 Å². The average Bonchev–Trinajstić information content (AvgIpc) is 2.80. The van der Waals surface area contributed by atoms with Crippen molar-refractivity contribution in [2.24, 2.45) is 0 Å². The van der Waals surface area contributed by atoms with Gasteiger partial charge in [0, 0.05) is 0 Å².